The van der Waals surface area contributed by atoms with Crippen molar-refractivity contribution in [3.05, 3.63) is 34.3 Å². The van der Waals surface area contributed by atoms with Gasteiger partial charge in [-0.1, -0.05) is 40.9 Å². The first-order valence-electron chi connectivity index (χ1n) is 7.03. The number of rotatable bonds is 3. The predicted octanol–water partition coefficient (Wildman–Crippen LogP) is 3.58. The molecule has 2 rings (SSSR count). The predicted molar refractivity (Wildman–Crippen MR) is 81.3 cm³/mol. The average Bonchev–Trinajstić information content (AvgIpc) is 2.67. The molecule has 1 fully saturated rings. The first kappa shape index (κ1) is 14.4. The van der Waals surface area contributed by atoms with E-state index in [2.05, 4.69) is 33.4 Å². The number of urea groups is 1. The highest BCUT2D eigenvalue weighted by atomic mass is 79.9. The number of amides is 2. The average molecular weight is 325 g/mol. The number of carbonyl (C=O) groups excluding carboxylic acids is 1. The highest BCUT2D eigenvalue weighted by Gasteiger charge is 2.14. The van der Waals surface area contributed by atoms with Crippen molar-refractivity contribution in [2.24, 2.45) is 0 Å². The van der Waals surface area contributed by atoms with Gasteiger partial charge in [0.25, 0.3) is 0 Å². The standard InChI is InChI=1S/C15H21BrN2O/c16-14-7-5-6-13(12-14)8-9-17-15(19)18-10-3-1-2-4-11-18/h5-7,12H,1-4,8-11H2,(H,17,19). The number of likely N-dealkylation sites (tertiary alicyclic amines) is 1. The zero-order chi connectivity index (χ0) is 13.5. The number of carbonyl (C=O) groups is 1. The van der Waals surface area contributed by atoms with Crippen LogP contribution in [0.15, 0.2) is 28.7 Å². The highest BCUT2D eigenvalue weighted by molar-refractivity contribution is 9.10. The maximum absolute atomic E-state index is 12.0. The number of hydrogen-bond donors (Lipinski definition) is 1. The third-order valence-corrected chi connectivity index (χ3v) is 3.97. The summed E-state index contributed by atoms with van der Waals surface area (Å²) in [6.45, 7) is 2.51. The fraction of sp³-hybridized carbons (Fsp3) is 0.533. The van der Waals surface area contributed by atoms with Gasteiger partial charge in [0.1, 0.15) is 0 Å². The molecule has 1 aromatic rings. The lowest BCUT2D eigenvalue weighted by atomic mass is 10.1. The van der Waals surface area contributed by atoms with Crippen molar-refractivity contribution in [2.45, 2.75) is 32.1 Å². The summed E-state index contributed by atoms with van der Waals surface area (Å²) >= 11 is 3.46. The normalized spacial score (nSPS) is 15.9. The minimum atomic E-state index is 0.0943. The Bertz CT molecular complexity index is 414. The van der Waals surface area contributed by atoms with Gasteiger partial charge in [0.05, 0.1) is 0 Å². The second-order valence-corrected chi connectivity index (χ2v) is 5.93. The minimum Gasteiger partial charge on any atom is -0.338 e. The Morgan fingerprint density at radius 2 is 1.95 bits per heavy atom. The van der Waals surface area contributed by atoms with Crippen LogP contribution in [0.3, 0.4) is 0 Å². The van der Waals surface area contributed by atoms with Gasteiger partial charge in [-0.3, -0.25) is 0 Å². The van der Waals surface area contributed by atoms with E-state index in [0.29, 0.717) is 6.54 Å². The molecule has 3 nitrogen and oxygen atoms in total. The fourth-order valence-electron chi connectivity index (χ4n) is 2.39. The van der Waals surface area contributed by atoms with Crippen LogP contribution < -0.4 is 5.32 Å². The van der Waals surface area contributed by atoms with Crippen LogP contribution in [0.25, 0.3) is 0 Å². The molecule has 1 N–H and O–H groups in total. The quantitative estimate of drug-likeness (QED) is 0.905. The summed E-state index contributed by atoms with van der Waals surface area (Å²) in [5, 5.41) is 3.02. The van der Waals surface area contributed by atoms with Gasteiger partial charge in [-0.2, -0.15) is 0 Å². The molecular weight excluding hydrogens is 304 g/mol. The molecule has 1 aromatic carbocycles. The lowest BCUT2D eigenvalue weighted by Gasteiger charge is -2.20. The van der Waals surface area contributed by atoms with Gasteiger partial charge in [0.15, 0.2) is 0 Å². The molecule has 1 heterocycles. The molecule has 0 saturated carbocycles. The Hall–Kier alpha value is -1.03. The summed E-state index contributed by atoms with van der Waals surface area (Å²) in [7, 11) is 0. The third kappa shape index (κ3) is 4.86. The number of halogens is 1. The molecule has 1 saturated heterocycles. The molecule has 19 heavy (non-hydrogen) atoms. The molecule has 2 amide bonds. The zero-order valence-corrected chi connectivity index (χ0v) is 12.8. The van der Waals surface area contributed by atoms with E-state index < -0.39 is 0 Å². The maximum atomic E-state index is 12.0. The summed E-state index contributed by atoms with van der Waals surface area (Å²) in [5.74, 6) is 0. The van der Waals surface area contributed by atoms with Crippen molar-refractivity contribution in [1.82, 2.24) is 10.2 Å². The van der Waals surface area contributed by atoms with Crippen LogP contribution in [-0.2, 0) is 6.42 Å². The van der Waals surface area contributed by atoms with Crippen LogP contribution >= 0.6 is 15.9 Å². The van der Waals surface area contributed by atoms with Crippen molar-refractivity contribution in [1.29, 1.82) is 0 Å². The smallest absolute Gasteiger partial charge is 0.317 e. The third-order valence-electron chi connectivity index (χ3n) is 3.47. The monoisotopic (exact) mass is 324 g/mol. The summed E-state index contributed by atoms with van der Waals surface area (Å²) in [5.41, 5.74) is 1.24. The van der Waals surface area contributed by atoms with Gasteiger partial charge in [0.2, 0.25) is 0 Å². The molecule has 4 heteroatoms. The van der Waals surface area contributed by atoms with E-state index in [1.165, 1.54) is 18.4 Å². The molecule has 104 valence electrons. The van der Waals surface area contributed by atoms with Crippen LogP contribution in [0.5, 0.6) is 0 Å². The Morgan fingerprint density at radius 1 is 1.21 bits per heavy atom. The Morgan fingerprint density at radius 3 is 2.63 bits per heavy atom. The second kappa shape index (κ2) is 7.53. The number of nitrogens with one attached hydrogen (secondary N) is 1. The summed E-state index contributed by atoms with van der Waals surface area (Å²) < 4.78 is 1.09. The lowest BCUT2D eigenvalue weighted by molar-refractivity contribution is 0.200. The van der Waals surface area contributed by atoms with Crippen molar-refractivity contribution in [3.8, 4) is 0 Å². The molecule has 0 spiro atoms. The van der Waals surface area contributed by atoms with Crippen molar-refractivity contribution in [3.63, 3.8) is 0 Å². The lowest BCUT2D eigenvalue weighted by Crippen LogP contribution is -2.41. The van der Waals surface area contributed by atoms with E-state index in [0.717, 1.165) is 36.8 Å². The number of benzene rings is 1. The van der Waals surface area contributed by atoms with Gasteiger partial charge >= 0.3 is 6.03 Å². The van der Waals surface area contributed by atoms with E-state index in [9.17, 15) is 4.79 Å². The SMILES string of the molecule is O=C(NCCc1cccc(Br)c1)N1CCCCCC1. The van der Waals surface area contributed by atoms with Crippen LogP contribution in [0.1, 0.15) is 31.2 Å². The molecule has 0 aromatic heterocycles. The van der Waals surface area contributed by atoms with Crippen LogP contribution in [-0.4, -0.2) is 30.6 Å². The molecular formula is C15H21BrN2O. The minimum absolute atomic E-state index is 0.0943. The first-order valence-corrected chi connectivity index (χ1v) is 7.82. The van der Waals surface area contributed by atoms with Crippen molar-refractivity contribution < 1.29 is 4.79 Å². The number of nitrogens with zero attached hydrogens (tertiary/aromatic N) is 1. The van der Waals surface area contributed by atoms with Crippen LogP contribution in [0.2, 0.25) is 0 Å². The largest absolute Gasteiger partial charge is 0.338 e. The molecule has 0 aliphatic carbocycles. The van der Waals surface area contributed by atoms with Gasteiger partial charge in [-0.15, -0.1) is 0 Å². The van der Waals surface area contributed by atoms with E-state index >= 15 is 0 Å². The molecule has 0 atom stereocenters. The van der Waals surface area contributed by atoms with Gasteiger partial charge < -0.3 is 10.2 Å². The number of hydrogen-bond acceptors (Lipinski definition) is 1. The van der Waals surface area contributed by atoms with E-state index in [1.807, 2.05) is 17.0 Å². The molecule has 0 bridgehead atoms. The van der Waals surface area contributed by atoms with Gasteiger partial charge in [0, 0.05) is 24.1 Å². The van der Waals surface area contributed by atoms with Crippen molar-refractivity contribution >= 4 is 22.0 Å². The van der Waals surface area contributed by atoms with Crippen LogP contribution in [0.4, 0.5) is 4.79 Å². The molecule has 0 radical (unpaired) electrons. The maximum Gasteiger partial charge on any atom is 0.317 e. The molecule has 1 aliphatic rings. The zero-order valence-electron chi connectivity index (χ0n) is 11.2. The van der Waals surface area contributed by atoms with E-state index in [1.54, 1.807) is 0 Å². The second-order valence-electron chi connectivity index (χ2n) is 5.01. The molecule has 1 aliphatic heterocycles. The summed E-state index contributed by atoms with van der Waals surface area (Å²) in [4.78, 5) is 14.0. The van der Waals surface area contributed by atoms with E-state index in [-0.39, 0.29) is 6.03 Å². The summed E-state index contributed by atoms with van der Waals surface area (Å²) in [6, 6.07) is 8.31. The summed E-state index contributed by atoms with van der Waals surface area (Å²) in [6.07, 6.45) is 5.65. The Kier molecular flexibility index (Phi) is 5.70. The Balaban J connectivity index is 1.74. The Labute approximate surface area is 123 Å². The fourth-order valence-corrected chi connectivity index (χ4v) is 2.84. The van der Waals surface area contributed by atoms with Crippen LogP contribution in [0, 0.1) is 0 Å². The molecule has 0 unspecified atom stereocenters. The highest BCUT2D eigenvalue weighted by Crippen LogP contribution is 2.12. The topological polar surface area (TPSA) is 32.3 Å². The van der Waals surface area contributed by atoms with Gasteiger partial charge in [-0.25, -0.2) is 4.79 Å². The van der Waals surface area contributed by atoms with E-state index in [4.69, 9.17) is 0 Å². The van der Waals surface area contributed by atoms with Gasteiger partial charge in [-0.05, 0) is 37.0 Å². The first-order chi connectivity index (χ1) is 9.25. The van der Waals surface area contributed by atoms with Crippen molar-refractivity contribution in [2.75, 3.05) is 19.6 Å².